The average molecular weight is 362 g/mol. The van der Waals surface area contributed by atoms with E-state index in [0.717, 1.165) is 44.5 Å². The number of rotatable bonds is 4. The van der Waals surface area contributed by atoms with E-state index in [1.165, 1.54) is 6.07 Å². The molecular weight excluding hydrogens is 342 g/mol. The highest BCUT2D eigenvalue weighted by molar-refractivity contribution is 5.86. The molecule has 26 heavy (non-hydrogen) atoms. The van der Waals surface area contributed by atoms with Crippen molar-refractivity contribution in [2.24, 2.45) is 10.8 Å². The molecule has 1 saturated carbocycles. The highest BCUT2D eigenvalue weighted by Gasteiger charge is 2.67. The zero-order chi connectivity index (χ0) is 18.4. The Bertz CT molecular complexity index is 827. The Labute approximate surface area is 149 Å². The monoisotopic (exact) mass is 362 g/mol. The summed E-state index contributed by atoms with van der Waals surface area (Å²) >= 11 is 0. The van der Waals surface area contributed by atoms with Gasteiger partial charge in [0.2, 0.25) is 5.91 Å². The molecule has 1 aromatic carbocycles. The van der Waals surface area contributed by atoms with Crippen LogP contribution in [0.3, 0.4) is 0 Å². The van der Waals surface area contributed by atoms with Gasteiger partial charge in [-0.05, 0) is 49.9 Å². The van der Waals surface area contributed by atoms with E-state index in [9.17, 15) is 13.6 Å². The molecule has 1 aliphatic heterocycles. The van der Waals surface area contributed by atoms with Gasteiger partial charge in [-0.2, -0.15) is 4.98 Å². The molecule has 2 heterocycles. The minimum absolute atomic E-state index is 0.0391. The van der Waals surface area contributed by atoms with Crippen molar-refractivity contribution in [1.29, 1.82) is 0 Å². The zero-order valence-corrected chi connectivity index (χ0v) is 14.4. The summed E-state index contributed by atoms with van der Waals surface area (Å²) in [6.07, 6.45) is 2.87. The molecule has 6 nitrogen and oxygen atoms in total. The summed E-state index contributed by atoms with van der Waals surface area (Å²) in [5.74, 6) is -1.65. The first kappa shape index (κ1) is 17.1. The summed E-state index contributed by atoms with van der Waals surface area (Å²) in [4.78, 5) is 16.6. The fraction of sp³-hybridized carbons (Fsp3) is 0.500. The number of carbonyl (C=O) groups is 1. The van der Waals surface area contributed by atoms with Gasteiger partial charge in [-0.15, -0.1) is 0 Å². The Hall–Kier alpha value is -2.35. The molecule has 1 aliphatic carbocycles. The second-order valence-corrected chi connectivity index (χ2v) is 7.33. The van der Waals surface area contributed by atoms with Gasteiger partial charge < -0.3 is 15.2 Å². The van der Waals surface area contributed by atoms with Crippen molar-refractivity contribution < 1.29 is 18.1 Å². The largest absolute Gasteiger partial charge is 0.348 e. The lowest BCUT2D eigenvalue weighted by Gasteiger charge is -2.27. The van der Waals surface area contributed by atoms with Gasteiger partial charge in [-0.1, -0.05) is 18.1 Å². The SMILES string of the molecule is CC1(C(=O)NCc2noc(-c3c(F)cccc3F)n2)CC12CCNCC2. The molecule has 8 heteroatoms. The maximum atomic E-state index is 13.8. The van der Waals surface area contributed by atoms with Gasteiger partial charge in [-0.3, -0.25) is 4.79 Å². The Morgan fingerprint density at radius 3 is 2.69 bits per heavy atom. The van der Waals surface area contributed by atoms with E-state index in [4.69, 9.17) is 4.52 Å². The van der Waals surface area contributed by atoms with Crippen LogP contribution in [0.5, 0.6) is 0 Å². The number of hydrogen-bond donors (Lipinski definition) is 2. The van der Waals surface area contributed by atoms with E-state index in [1.807, 2.05) is 6.92 Å². The number of amides is 1. The van der Waals surface area contributed by atoms with Crippen molar-refractivity contribution in [1.82, 2.24) is 20.8 Å². The van der Waals surface area contributed by atoms with E-state index in [2.05, 4.69) is 20.8 Å². The first-order valence-corrected chi connectivity index (χ1v) is 8.71. The summed E-state index contributed by atoms with van der Waals surface area (Å²) in [5, 5.41) is 9.86. The van der Waals surface area contributed by atoms with Crippen LogP contribution in [0.4, 0.5) is 8.78 Å². The lowest BCUT2D eigenvalue weighted by atomic mass is 9.85. The van der Waals surface area contributed by atoms with Crippen LogP contribution in [0.25, 0.3) is 11.5 Å². The third kappa shape index (κ3) is 2.68. The zero-order valence-electron chi connectivity index (χ0n) is 14.4. The fourth-order valence-electron chi connectivity index (χ4n) is 4.07. The molecule has 2 fully saturated rings. The minimum Gasteiger partial charge on any atom is -0.348 e. The van der Waals surface area contributed by atoms with Crippen LogP contribution in [0.2, 0.25) is 0 Å². The molecule has 2 aliphatic rings. The number of halogens is 2. The van der Waals surface area contributed by atoms with Crippen molar-refractivity contribution in [2.75, 3.05) is 13.1 Å². The Morgan fingerprint density at radius 2 is 2.00 bits per heavy atom. The number of aromatic nitrogens is 2. The van der Waals surface area contributed by atoms with Crippen LogP contribution < -0.4 is 10.6 Å². The number of piperidine rings is 1. The second-order valence-electron chi connectivity index (χ2n) is 7.33. The molecule has 0 radical (unpaired) electrons. The molecule has 0 bridgehead atoms. The Morgan fingerprint density at radius 1 is 1.31 bits per heavy atom. The molecule has 1 spiro atoms. The first-order chi connectivity index (χ1) is 12.5. The van der Waals surface area contributed by atoms with E-state index in [-0.39, 0.29) is 40.6 Å². The number of benzene rings is 1. The molecular formula is C18H20F2N4O2. The highest BCUT2D eigenvalue weighted by atomic mass is 19.1. The fourth-order valence-corrected chi connectivity index (χ4v) is 4.07. The van der Waals surface area contributed by atoms with Crippen LogP contribution >= 0.6 is 0 Å². The van der Waals surface area contributed by atoms with Crippen molar-refractivity contribution in [3.8, 4) is 11.5 Å². The van der Waals surface area contributed by atoms with Crippen LogP contribution in [0.1, 0.15) is 32.0 Å². The maximum absolute atomic E-state index is 13.8. The van der Waals surface area contributed by atoms with E-state index in [0.29, 0.717) is 0 Å². The number of carbonyl (C=O) groups excluding carboxylic acids is 1. The predicted octanol–water partition coefficient (Wildman–Crippen LogP) is 2.41. The highest BCUT2D eigenvalue weighted by Crippen LogP contribution is 2.68. The quantitative estimate of drug-likeness (QED) is 0.873. The van der Waals surface area contributed by atoms with Crippen molar-refractivity contribution >= 4 is 5.91 Å². The maximum Gasteiger partial charge on any atom is 0.263 e. The third-order valence-electron chi connectivity index (χ3n) is 5.85. The van der Waals surface area contributed by atoms with Gasteiger partial charge >= 0.3 is 0 Å². The van der Waals surface area contributed by atoms with Crippen LogP contribution in [-0.4, -0.2) is 29.1 Å². The molecule has 1 aromatic heterocycles. The van der Waals surface area contributed by atoms with Crippen molar-refractivity contribution in [3.05, 3.63) is 35.7 Å². The van der Waals surface area contributed by atoms with Gasteiger partial charge in [-0.25, -0.2) is 8.78 Å². The van der Waals surface area contributed by atoms with E-state index < -0.39 is 11.6 Å². The van der Waals surface area contributed by atoms with E-state index >= 15 is 0 Å². The van der Waals surface area contributed by atoms with Gasteiger partial charge in [0, 0.05) is 0 Å². The molecule has 4 rings (SSSR count). The minimum atomic E-state index is -0.775. The summed E-state index contributed by atoms with van der Waals surface area (Å²) < 4.78 is 32.5. The molecule has 1 atom stereocenters. The summed E-state index contributed by atoms with van der Waals surface area (Å²) in [7, 11) is 0. The van der Waals surface area contributed by atoms with Crippen molar-refractivity contribution in [2.45, 2.75) is 32.7 Å². The average Bonchev–Trinajstić information content (AvgIpc) is 2.98. The normalized spacial score (nSPS) is 23.8. The summed E-state index contributed by atoms with van der Waals surface area (Å²) in [5.41, 5.74) is -0.652. The summed E-state index contributed by atoms with van der Waals surface area (Å²) in [6.45, 7) is 3.92. The lowest BCUT2D eigenvalue weighted by molar-refractivity contribution is -0.127. The number of hydrogen-bond acceptors (Lipinski definition) is 5. The van der Waals surface area contributed by atoms with E-state index in [1.54, 1.807) is 0 Å². The second kappa shape index (κ2) is 6.12. The van der Waals surface area contributed by atoms with Gasteiger partial charge in [0.05, 0.1) is 12.0 Å². The van der Waals surface area contributed by atoms with Gasteiger partial charge in [0.1, 0.15) is 17.2 Å². The van der Waals surface area contributed by atoms with Crippen LogP contribution in [0.15, 0.2) is 22.7 Å². The molecule has 1 amide bonds. The Kier molecular flexibility index (Phi) is 4.02. The smallest absolute Gasteiger partial charge is 0.263 e. The van der Waals surface area contributed by atoms with Gasteiger partial charge in [0.25, 0.3) is 5.89 Å². The predicted molar refractivity (Wildman–Crippen MR) is 88.8 cm³/mol. The van der Waals surface area contributed by atoms with Crippen LogP contribution in [0, 0.1) is 22.5 Å². The molecule has 2 aromatic rings. The molecule has 2 N–H and O–H groups in total. The first-order valence-electron chi connectivity index (χ1n) is 8.71. The van der Waals surface area contributed by atoms with Gasteiger partial charge in [0.15, 0.2) is 5.82 Å². The molecule has 138 valence electrons. The lowest BCUT2D eigenvalue weighted by Crippen LogP contribution is -2.38. The molecule has 1 saturated heterocycles. The van der Waals surface area contributed by atoms with Crippen LogP contribution in [-0.2, 0) is 11.3 Å². The Balaban J connectivity index is 1.42. The van der Waals surface area contributed by atoms with Crippen molar-refractivity contribution in [3.63, 3.8) is 0 Å². The standard InChI is InChI=1S/C18H20F2N4O2/c1-17(10-18(17)5-7-21-8-6-18)16(25)22-9-13-23-15(26-24-13)14-11(19)3-2-4-12(14)20/h2-4,21H,5-10H2,1H3,(H,22,25). The summed E-state index contributed by atoms with van der Waals surface area (Å²) in [6, 6.07) is 3.51. The third-order valence-corrected chi connectivity index (χ3v) is 5.85. The number of nitrogens with zero attached hydrogens (tertiary/aromatic N) is 2. The number of nitrogens with one attached hydrogen (secondary N) is 2. The molecule has 1 unspecified atom stereocenters. The topological polar surface area (TPSA) is 80.1 Å².